The smallest absolute Gasteiger partial charge is 0.271 e. The van der Waals surface area contributed by atoms with Crippen molar-refractivity contribution in [3.05, 3.63) is 17.8 Å². The van der Waals surface area contributed by atoms with Crippen LogP contribution in [0.25, 0.3) is 0 Å². The number of aromatic nitrogens is 2. The molecule has 104 valence electrons. The predicted octanol–water partition coefficient (Wildman–Crippen LogP) is 0.779. The molecule has 3 N–H and O–H groups in total. The molecular weight excluding hydrogens is 242 g/mol. The highest BCUT2D eigenvalue weighted by atomic mass is 16.1. The number of carbonyl (C=O) groups is 1. The molecule has 19 heavy (non-hydrogen) atoms. The number of rotatable bonds is 4. The topological polar surface area (TPSA) is 78.9 Å². The van der Waals surface area contributed by atoms with Crippen LogP contribution < -0.4 is 16.0 Å². The third-order valence-electron chi connectivity index (χ3n) is 3.61. The van der Waals surface area contributed by atoms with Crippen LogP contribution in [-0.4, -0.2) is 42.3 Å². The molecular formula is C13H21N5O. The van der Waals surface area contributed by atoms with E-state index in [0.29, 0.717) is 17.8 Å². The van der Waals surface area contributed by atoms with Crippen molar-refractivity contribution in [1.82, 2.24) is 20.8 Å². The van der Waals surface area contributed by atoms with Crippen LogP contribution in [0.1, 0.15) is 36.2 Å². The minimum absolute atomic E-state index is 0.214. The summed E-state index contributed by atoms with van der Waals surface area (Å²) in [6.07, 6.45) is 4.62. The molecule has 6 nitrogen and oxygen atoms in total. The molecule has 1 aliphatic carbocycles. The Labute approximate surface area is 113 Å². The zero-order valence-corrected chi connectivity index (χ0v) is 11.4. The van der Waals surface area contributed by atoms with Gasteiger partial charge in [-0.25, -0.2) is 0 Å². The third-order valence-corrected chi connectivity index (χ3v) is 3.61. The van der Waals surface area contributed by atoms with Gasteiger partial charge >= 0.3 is 0 Å². The molecule has 0 bridgehead atoms. The summed E-state index contributed by atoms with van der Waals surface area (Å²) in [5.74, 6) is 0.522. The fourth-order valence-electron chi connectivity index (χ4n) is 2.39. The molecule has 0 unspecified atom stereocenters. The Kier molecular flexibility index (Phi) is 4.68. The summed E-state index contributed by atoms with van der Waals surface area (Å²) in [5, 5.41) is 17.2. The van der Waals surface area contributed by atoms with Crippen LogP contribution in [0.15, 0.2) is 12.1 Å². The fraction of sp³-hybridized carbons (Fsp3) is 0.615. The lowest BCUT2D eigenvalue weighted by molar-refractivity contribution is 0.0957. The quantitative estimate of drug-likeness (QED) is 0.748. The van der Waals surface area contributed by atoms with Gasteiger partial charge in [0.1, 0.15) is 5.82 Å². The highest BCUT2D eigenvalue weighted by Crippen LogP contribution is 2.21. The average molecular weight is 263 g/mol. The molecule has 2 rings (SSSR count). The molecule has 1 amide bonds. The largest absolute Gasteiger partial charge is 0.366 e. The number of carbonyl (C=O) groups excluding carboxylic acids is 1. The van der Waals surface area contributed by atoms with Crippen molar-refractivity contribution >= 4 is 11.7 Å². The van der Waals surface area contributed by atoms with E-state index in [2.05, 4.69) is 26.1 Å². The highest BCUT2D eigenvalue weighted by molar-refractivity contribution is 5.91. The maximum atomic E-state index is 11.3. The summed E-state index contributed by atoms with van der Waals surface area (Å²) < 4.78 is 0. The molecule has 0 radical (unpaired) electrons. The molecule has 0 aliphatic heterocycles. The van der Waals surface area contributed by atoms with Crippen molar-refractivity contribution in [3.63, 3.8) is 0 Å². The van der Waals surface area contributed by atoms with Gasteiger partial charge in [0.25, 0.3) is 5.91 Å². The molecule has 1 aromatic heterocycles. The Morgan fingerprint density at radius 2 is 1.79 bits per heavy atom. The van der Waals surface area contributed by atoms with Crippen LogP contribution in [0.5, 0.6) is 0 Å². The second-order valence-electron chi connectivity index (χ2n) is 4.86. The van der Waals surface area contributed by atoms with E-state index >= 15 is 0 Å². The summed E-state index contributed by atoms with van der Waals surface area (Å²) >= 11 is 0. The molecule has 0 atom stereocenters. The van der Waals surface area contributed by atoms with Crippen molar-refractivity contribution in [2.24, 2.45) is 0 Å². The van der Waals surface area contributed by atoms with Gasteiger partial charge in [0.15, 0.2) is 5.69 Å². The zero-order chi connectivity index (χ0) is 13.7. The van der Waals surface area contributed by atoms with Gasteiger partial charge in [0.2, 0.25) is 0 Å². The van der Waals surface area contributed by atoms with E-state index in [4.69, 9.17) is 0 Å². The number of hydrogen-bond acceptors (Lipinski definition) is 5. The number of nitrogens with one attached hydrogen (secondary N) is 3. The second kappa shape index (κ2) is 6.47. The minimum atomic E-state index is -0.214. The van der Waals surface area contributed by atoms with E-state index in [0.717, 1.165) is 18.7 Å². The molecule has 1 heterocycles. The van der Waals surface area contributed by atoms with Crippen LogP contribution in [0.4, 0.5) is 5.82 Å². The highest BCUT2D eigenvalue weighted by Gasteiger charge is 2.20. The van der Waals surface area contributed by atoms with Crippen molar-refractivity contribution < 1.29 is 4.79 Å². The molecule has 0 saturated heterocycles. The summed E-state index contributed by atoms with van der Waals surface area (Å²) in [7, 11) is 3.60. The van der Waals surface area contributed by atoms with Crippen LogP contribution in [0, 0.1) is 0 Å². The summed E-state index contributed by atoms with van der Waals surface area (Å²) in [5.41, 5.74) is 0.340. The average Bonchev–Trinajstić information content (AvgIpc) is 2.48. The lowest BCUT2D eigenvalue weighted by atomic mass is 9.91. The van der Waals surface area contributed by atoms with Gasteiger partial charge in [-0.05, 0) is 44.9 Å². The van der Waals surface area contributed by atoms with Crippen LogP contribution >= 0.6 is 0 Å². The number of anilines is 1. The summed E-state index contributed by atoms with van der Waals surface area (Å²) in [4.78, 5) is 11.3. The van der Waals surface area contributed by atoms with E-state index < -0.39 is 0 Å². The van der Waals surface area contributed by atoms with E-state index in [-0.39, 0.29) is 5.91 Å². The Morgan fingerprint density at radius 1 is 1.11 bits per heavy atom. The number of hydrogen-bond donors (Lipinski definition) is 3. The SMILES string of the molecule is CNC(=O)c1ccc(NC2CCC(NC)CC2)nn1. The van der Waals surface area contributed by atoms with Gasteiger partial charge in [-0.2, -0.15) is 0 Å². The summed E-state index contributed by atoms with van der Waals surface area (Å²) in [6.45, 7) is 0. The summed E-state index contributed by atoms with van der Waals surface area (Å²) in [6, 6.07) is 4.58. The first-order valence-corrected chi connectivity index (χ1v) is 6.72. The van der Waals surface area contributed by atoms with Crippen LogP contribution in [0.3, 0.4) is 0 Å². The Balaban J connectivity index is 1.88. The van der Waals surface area contributed by atoms with Crippen molar-refractivity contribution in [1.29, 1.82) is 0 Å². The molecule has 1 saturated carbocycles. The van der Waals surface area contributed by atoms with Crippen molar-refractivity contribution in [2.45, 2.75) is 37.8 Å². The lowest BCUT2D eigenvalue weighted by Crippen LogP contribution is -2.35. The maximum absolute atomic E-state index is 11.3. The van der Waals surface area contributed by atoms with Gasteiger partial charge in [0.05, 0.1) is 0 Å². The first-order valence-electron chi connectivity index (χ1n) is 6.72. The minimum Gasteiger partial charge on any atom is -0.366 e. The zero-order valence-electron chi connectivity index (χ0n) is 11.4. The molecule has 1 fully saturated rings. The second-order valence-corrected chi connectivity index (χ2v) is 4.86. The normalized spacial score (nSPS) is 22.8. The van der Waals surface area contributed by atoms with Gasteiger partial charge in [-0.3, -0.25) is 4.79 Å². The Morgan fingerprint density at radius 3 is 2.32 bits per heavy atom. The standard InChI is InChI=1S/C13H21N5O/c1-14-9-3-5-10(6-4-9)16-12-8-7-11(17-18-12)13(19)15-2/h7-10,14H,3-6H2,1-2H3,(H,15,19)(H,16,18). The molecule has 0 aromatic carbocycles. The van der Waals surface area contributed by atoms with Gasteiger partial charge < -0.3 is 16.0 Å². The molecule has 6 heteroatoms. The Hall–Kier alpha value is -1.69. The fourth-order valence-corrected chi connectivity index (χ4v) is 2.39. The predicted molar refractivity (Wildman–Crippen MR) is 74.1 cm³/mol. The first-order chi connectivity index (χ1) is 9.22. The Bertz CT molecular complexity index is 412. The number of amides is 1. The lowest BCUT2D eigenvalue weighted by Gasteiger charge is -2.28. The maximum Gasteiger partial charge on any atom is 0.271 e. The third kappa shape index (κ3) is 3.64. The molecule has 0 spiro atoms. The van der Waals surface area contributed by atoms with Gasteiger partial charge in [0, 0.05) is 19.1 Å². The van der Waals surface area contributed by atoms with Gasteiger partial charge in [-0.1, -0.05) is 0 Å². The van der Waals surface area contributed by atoms with E-state index in [1.807, 2.05) is 13.1 Å². The first kappa shape index (κ1) is 13.7. The van der Waals surface area contributed by atoms with Crippen LogP contribution in [-0.2, 0) is 0 Å². The van der Waals surface area contributed by atoms with E-state index in [1.165, 1.54) is 12.8 Å². The molecule has 1 aliphatic rings. The number of nitrogens with zero attached hydrogens (tertiary/aromatic N) is 2. The van der Waals surface area contributed by atoms with Gasteiger partial charge in [-0.15, -0.1) is 10.2 Å². The van der Waals surface area contributed by atoms with E-state index in [9.17, 15) is 4.79 Å². The van der Waals surface area contributed by atoms with E-state index in [1.54, 1.807) is 13.1 Å². The molecule has 1 aromatic rings. The van der Waals surface area contributed by atoms with Crippen molar-refractivity contribution in [3.8, 4) is 0 Å². The van der Waals surface area contributed by atoms with Crippen molar-refractivity contribution in [2.75, 3.05) is 19.4 Å². The van der Waals surface area contributed by atoms with Crippen LogP contribution in [0.2, 0.25) is 0 Å². The monoisotopic (exact) mass is 263 g/mol.